The van der Waals surface area contributed by atoms with Gasteiger partial charge in [0.1, 0.15) is 10.3 Å². The van der Waals surface area contributed by atoms with Crippen molar-refractivity contribution in [1.29, 1.82) is 0 Å². The van der Waals surface area contributed by atoms with Gasteiger partial charge in [0.15, 0.2) is 0 Å². The van der Waals surface area contributed by atoms with Gasteiger partial charge in [0.25, 0.3) is 0 Å². The Kier molecular flexibility index (Phi) is 7.08. The van der Waals surface area contributed by atoms with Crippen LogP contribution in [0.3, 0.4) is 0 Å². The molecule has 0 aliphatic rings. The molecule has 5 nitrogen and oxygen atoms in total. The van der Waals surface area contributed by atoms with E-state index in [-0.39, 0.29) is 28.9 Å². The summed E-state index contributed by atoms with van der Waals surface area (Å²) in [6.07, 6.45) is 0.0591. The van der Waals surface area contributed by atoms with E-state index in [1.807, 2.05) is 12.1 Å². The first-order chi connectivity index (χ1) is 11.2. The number of benzene rings is 1. The summed E-state index contributed by atoms with van der Waals surface area (Å²) in [5.41, 5.74) is 1.72. The molecule has 0 radical (unpaired) electrons. The van der Waals surface area contributed by atoms with Gasteiger partial charge in [0.05, 0.1) is 6.16 Å². The van der Waals surface area contributed by atoms with Crippen LogP contribution in [0.2, 0.25) is 15.3 Å². The summed E-state index contributed by atoms with van der Waals surface area (Å²) in [6.45, 7) is 0.427. The van der Waals surface area contributed by atoms with Crippen molar-refractivity contribution >= 4 is 42.4 Å². The molecule has 0 saturated heterocycles. The van der Waals surface area contributed by atoms with Gasteiger partial charge < -0.3 is 15.1 Å². The second kappa shape index (κ2) is 8.63. The van der Waals surface area contributed by atoms with Crippen molar-refractivity contribution < 1.29 is 14.4 Å². The van der Waals surface area contributed by atoms with Gasteiger partial charge in [0, 0.05) is 17.6 Å². The molecule has 1 unspecified atom stereocenters. The predicted octanol–water partition coefficient (Wildman–Crippen LogP) is 4.44. The Bertz CT molecular complexity index is 717. The van der Waals surface area contributed by atoms with Crippen molar-refractivity contribution in [2.75, 3.05) is 6.16 Å². The smallest absolute Gasteiger partial charge is 0.324 e. The second-order valence-corrected chi connectivity index (χ2v) is 8.27. The van der Waals surface area contributed by atoms with Crippen LogP contribution in [0, 0.1) is 0 Å². The van der Waals surface area contributed by atoms with Gasteiger partial charge in [-0.25, -0.2) is 4.98 Å². The third-order valence-corrected chi connectivity index (χ3v) is 4.84. The number of hydrogen-bond acceptors (Lipinski definition) is 3. The van der Waals surface area contributed by atoms with Crippen LogP contribution in [-0.4, -0.2) is 20.9 Å². The van der Waals surface area contributed by atoms with Crippen molar-refractivity contribution in [3.05, 3.63) is 62.9 Å². The first-order valence-corrected chi connectivity index (χ1v) is 10.0. The minimum absolute atomic E-state index is 0.217. The van der Waals surface area contributed by atoms with Gasteiger partial charge in [-0.1, -0.05) is 46.9 Å². The van der Waals surface area contributed by atoms with Gasteiger partial charge in [0.2, 0.25) is 0 Å². The van der Waals surface area contributed by atoms with Crippen molar-refractivity contribution in [1.82, 2.24) is 10.3 Å². The Morgan fingerprint density at radius 3 is 2.21 bits per heavy atom. The average Bonchev–Trinajstić information content (AvgIpc) is 2.46. The average molecular weight is 410 g/mol. The summed E-state index contributed by atoms with van der Waals surface area (Å²) in [5, 5.41) is 4.44. The molecule has 0 bridgehead atoms. The summed E-state index contributed by atoms with van der Waals surface area (Å²) in [7, 11) is -4.08. The van der Waals surface area contributed by atoms with E-state index in [1.54, 1.807) is 24.3 Å². The van der Waals surface area contributed by atoms with Crippen molar-refractivity contribution in [3.8, 4) is 0 Å². The maximum absolute atomic E-state index is 11.2. The van der Waals surface area contributed by atoms with Gasteiger partial charge in [-0.3, -0.25) is 4.57 Å². The molecule has 1 aromatic heterocycles. The molecule has 0 aliphatic carbocycles. The molecule has 0 aliphatic heterocycles. The highest BCUT2D eigenvalue weighted by Gasteiger charge is 2.19. The number of rotatable bonds is 7. The standard InChI is InChI=1S/C15H16Cl3N2O3P/c16-12-3-1-11(2-4-12)13(5-6-24(21,22)23)19-9-10-7-14(17)20-15(18)8-10/h1-4,7-8,13,19H,5-6,9H2,(H2,21,22,23). The summed E-state index contributed by atoms with van der Waals surface area (Å²) in [6, 6.07) is 10.2. The van der Waals surface area contributed by atoms with E-state index in [0.29, 0.717) is 11.6 Å². The van der Waals surface area contributed by atoms with E-state index >= 15 is 0 Å². The summed E-state index contributed by atoms with van der Waals surface area (Å²) in [5.74, 6) is 0. The molecule has 1 atom stereocenters. The van der Waals surface area contributed by atoms with E-state index in [1.165, 1.54) is 0 Å². The lowest BCUT2D eigenvalue weighted by molar-refractivity contribution is 0.366. The topological polar surface area (TPSA) is 82.5 Å². The van der Waals surface area contributed by atoms with Crippen molar-refractivity contribution in [3.63, 3.8) is 0 Å². The molecule has 24 heavy (non-hydrogen) atoms. The molecular formula is C15H16Cl3N2O3P. The number of hydrogen-bond donors (Lipinski definition) is 3. The van der Waals surface area contributed by atoms with Crippen LogP contribution in [0.1, 0.15) is 23.6 Å². The largest absolute Gasteiger partial charge is 0.325 e. The quantitative estimate of drug-likeness (QED) is 0.465. The van der Waals surface area contributed by atoms with E-state index in [0.717, 1.165) is 11.1 Å². The maximum atomic E-state index is 11.2. The highest BCUT2D eigenvalue weighted by atomic mass is 35.5. The highest BCUT2D eigenvalue weighted by Crippen LogP contribution is 2.37. The van der Waals surface area contributed by atoms with E-state index in [2.05, 4.69) is 10.3 Å². The fourth-order valence-electron chi connectivity index (χ4n) is 2.24. The lowest BCUT2D eigenvalue weighted by Gasteiger charge is -2.20. The molecule has 9 heteroatoms. The first kappa shape index (κ1) is 19.7. The van der Waals surface area contributed by atoms with Crippen LogP contribution >= 0.6 is 42.4 Å². The highest BCUT2D eigenvalue weighted by molar-refractivity contribution is 7.51. The lowest BCUT2D eigenvalue weighted by Crippen LogP contribution is -2.22. The van der Waals surface area contributed by atoms with Crippen LogP contribution < -0.4 is 5.32 Å². The number of halogens is 3. The molecule has 3 N–H and O–H groups in total. The van der Waals surface area contributed by atoms with E-state index in [9.17, 15) is 4.57 Å². The van der Waals surface area contributed by atoms with Crippen LogP contribution in [0.5, 0.6) is 0 Å². The zero-order valence-electron chi connectivity index (χ0n) is 12.5. The Morgan fingerprint density at radius 1 is 1.08 bits per heavy atom. The molecule has 1 aromatic carbocycles. The Labute approximate surface area is 155 Å². The number of aromatic nitrogens is 1. The molecule has 1 heterocycles. The lowest BCUT2D eigenvalue weighted by atomic mass is 10.0. The molecule has 2 rings (SSSR count). The summed E-state index contributed by atoms with van der Waals surface area (Å²) >= 11 is 17.7. The summed E-state index contributed by atoms with van der Waals surface area (Å²) < 4.78 is 11.2. The predicted molar refractivity (Wildman–Crippen MR) is 96.8 cm³/mol. The zero-order chi connectivity index (χ0) is 17.7. The first-order valence-electron chi connectivity index (χ1n) is 7.08. The van der Waals surface area contributed by atoms with Gasteiger partial charge in [-0.2, -0.15) is 0 Å². The van der Waals surface area contributed by atoms with Gasteiger partial charge in [-0.05, 0) is 41.8 Å². The van der Waals surface area contributed by atoms with Gasteiger partial charge in [-0.15, -0.1) is 0 Å². The third kappa shape index (κ3) is 6.69. The Balaban J connectivity index is 2.12. The monoisotopic (exact) mass is 408 g/mol. The zero-order valence-corrected chi connectivity index (χ0v) is 15.7. The molecule has 130 valence electrons. The minimum atomic E-state index is -4.08. The van der Waals surface area contributed by atoms with E-state index < -0.39 is 7.60 Å². The number of nitrogens with zero attached hydrogens (tertiary/aromatic N) is 1. The minimum Gasteiger partial charge on any atom is -0.324 e. The SMILES string of the molecule is O=P(O)(O)CCC(NCc1cc(Cl)nc(Cl)c1)c1ccc(Cl)cc1. The van der Waals surface area contributed by atoms with Crippen molar-refractivity contribution in [2.45, 2.75) is 19.0 Å². The molecule has 2 aromatic rings. The van der Waals surface area contributed by atoms with Crippen molar-refractivity contribution in [2.24, 2.45) is 0 Å². The van der Waals surface area contributed by atoms with E-state index in [4.69, 9.17) is 44.6 Å². The molecule has 0 saturated carbocycles. The molecule has 0 fully saturated rings. The number of pyridine rings is 1. The number of nitrogens with one attached hydrogen (secondary N) is 1. The van der Waals surface area contributed by atoms with Gasteiger partial charge >= 0.3 is 7.60 Å². The van der Waals surface area contributed by atoms with Crippen LogP contribution in [0.15, 0.2) is 36.4 Å². The molecule has 0 amide bonds. The van der Waals surface area contributed by atoms with Crippen LogP contribution in [0.4, 0.5) is 0 Å². The van der Waals surface area contributed by atoms with Crippen LogP contribution in [0.25, 0.3) is 0 Å². The second-order valence-electron chi connectivity index (χ2n) is 5.28. The fourth-order valence-corrected chi connectivity index (χ4v) is 3.46. The maximum Gasteiger partial charge on any atom is 0.325 e. The Hall–Kier alpha value is -0.650. The third-order valence-electron chi connectivity index (χ3n) is 3.36. The molecule has 0 spiro atoms. The molecular weight excluding hydrogens is 394 g/mol. The summed E-state index contributed by atoms with van der Waals surface area (Å²) in [4.78, 5) is 22.2. The fraction of sp³-hybridized carbons (Fsp3) is 0.267. The normalized spacial score (nSPS) is 13.0. The Morgan fingerprint density at radius 2 is 1.67 bits per heavy atom. The van der Waals surface area contributed by atoms with Crippen LogP contribution in [-0.2, 0) is 11.1 Å².